The minimum absolute atomic E-state index is 0.761. The van der Waals surface area contributed by atoms with Crippen LogP contribution in [0.4, 0.5) is 0 Å². The van der Waals surface area contributed by atoms with Crippen molar-refractivity contribution in [1.29, 1.82) is 5.26 Å². The second-order valence-corrected chi connectivity index (χ2v) is 3.48. The van der Waals surface area contributed by atoms with Gasteiger partial charge in [-0.2, -0.15) is 5.26 Å². The first-order valence-electron chi connectivity index (χ1n) is 4.20. The first-order valence-corrected chi connectivity index (χ1v) is 4.20. The second kappa shape index (κ2) is 3.61. The Hall–Kier alpha value is -0.510. The minimum Gasteiger partial charge on any atom is -0.198 e. The van der Waals surface area contributed by atoms with Crippen molar-refractivity contribution in [2.75, 3.05) is 0 Å². The average Bonchev–Trinajstić information content (AvgIpc) is 2.31. The van der Waals surface area contributed by atoms with E-state index < -0.39 is 0 Å². The van der Waals surface area contributed by atoms with Crippen molar-refractivity contribution in [3.05, 3.63) is 0 Å². The summed E-state index contributed by atoms with van der Waals surface area (Å²) in [7, 11) is 0. The maximum absolute atomic E-state index is 8.34. The normalized spacial score (nSPS) is 32.0. The Morgan fingerprint density at radius 1 is 1.50 bits per heavy atom. The summed E-state index contributed by atoms with van der Waals surface area (Å²) in [5.74, 6) is 1.79. The van der Waals surface area contributed by atoms with Gasteiger partial charge in [-0.3, -0.25) is 0 Å². The van der Waals surface area contributed by atoms with Crippen molar-refractivity contribution in [1.82, 2.24) is 0 Å². The SMILES string of the molecule is CC1CCC(CCC#N)C1. The molecule has 0 aromatic heterocycles. The zero-order valence-corrected chi connectivity index (χ0v) is 6.64. The predicted molar refractivity (Wildman–Crippen MR) is 41.4 cm³/mol. The van der Waals surface area contributed by atoms with Crippen molar-refractivity contribution in [2.45, 2.75) is 39.0 Å². The van der Waals surface area contributed by atoms with Crippen molar-refractivity contribution in [3.8, 4) is 6.07 Å². The van der Waals surface area contributed by atoms with Crippen LogP contribution in [0, 0.1) is 23.2 Å². The Labute approximate surface area is 63.0 Å². The molecule has 1 fully saturated rings. The molecule has 0 spiro atoms. The molecule has 0 amide bonds. The molecule has 0 saturated heterocycles. The molecular formula is C9H15N. The first-order chi connectivity index (χ1) is 4.83. The van der Waals surface area contributed by atoms with E-state index in [1.54, 1.807) is 0 Å². The maximum atomic E-state index is 8.34. The summed E-state index contributed by atoms with van der Waals surface area (Å²) in [5.41, 5.74) is 0. The van der Waals surface area contributed by atoms with Gasteiger partial charge >= 0.3 is 0 Å². The Morgan fingerprint density at radius 2 is 2.30 bits per heavy atom. The van der Waals surface area contributed by atoms with Gasteiger partial charge in [-0.1, -0.05) is 19.8 Å². The fourth-order valence-corrected chi connectivity index (χ4v) is 1.86. The Balaban J connectivity index is 2.14. The predicted octanol–water partition coefficient (Wildman–Crippen LogP) is 2.73. The third-order valence-electron chi connectivity index (χ3n) is 2.47. The van der Waals surface area contributed by atoms with Crippen LogP contribution in [0.15, 0.2) is 0 Å². The molecule has 0 radical (unpaired) electrons. The topological polar surface area (TPSA) is 23.8 Å². The monoisotopic (exact) mass is 137 g/mol. The molecule has 0 aromatic carbocycles. The van der Waals surface area contributed by atoms with Gasteiger partial charge in [0.15, 0.2) is 0 Å². The van der Waals surface area contributed by atoms with Gasteiger partial charge in [0, 0.05) is 6.42 Å². The lowest BCUT2D eigenvalue weighted by Gasteiger charge is -2.04. The summed E-state index contributed by atoms with van der Waals surface area (Å²) in [6.07, 6.45) is 6.01. The molecule has 0 N–H and O–H groups in total. The molecular weight excluding hydrogens is 122 g/mol. The lowest BCUT2D eigenvalue weighted by Crippen LogP contribution is -1.92. The van der Waals surface area contributed by atoms with Crippen LogP contribution < -0.4 is 0 Å². The third kappa shape index (κ3) is 2.02. The summed E-state index contributed by atoms with van der Waals surface area (Å²) >= 11 is 0. The molecule has 2 unspecified atom stereocenters. The van der Waals surface area contributed by atoms with E-state index in [9.17, 15) is 0 Å². The Bertz CT molecular complexity index is 134. The number of rotatable bonds is 2. The van der Waals surface area contributed by atoms with Gasteiger partial charge in [0.25, 0.3) is 0 Å². The van der Waals surface area contributed by atoms with Gasteiger partial charge in [0.05, 0.1) is 6.07 Å². The number of hydrogen-bond acceptors (Lipinski definition) is 1. The van der Waals surface area contributed by atoms with Gasteiger partial charge in [-0.15, -0.1) is 0 Å². The molecule has 1 heteroatoms. The summed E-state index contributed by atoms with van der Waals surface area (Å²) < 4.78 is 0. The fraction of sp³-hybridized carbons (Fsp3) is 0.889. The molecule has 1 nitrogen and oxygen atoms in total. The Kier molecular flexibility index (Phi) is 2.74. The fourth-order valence-electron chi connectivity index (χ4n) is 1.86. The lowest BCUT2D eigenvalue weighted by molar-refractivity contribution is 0.486. The van der Waals surface area contributed by atoms with Crippen LogP contribution in [0.1, 0.15) is 39.0 Å². The largest absolute Gasteiger partial charge is 0.198 e. The average molecular weight is 137 g/mol. The lowest BCUT2D eigenvalue weighted by atomic mass is 10.0. The molecule has 0 heterocycles. The van der Waals surface area contributed by atoms with Gasteiger partial charge < -0.3 is 0 Å². The smallest absolute Gasteiger partial charge is 0.0621 e. The van der Waals surface area contributed by atoms with E-state index in [0.29, 0.717) is 0 Å². The first kappa shape index (κ1) is 7.60. The highest BCUT2D eigenvalue weighted by Crippen LogP contribution is 2.32. The molecule has 0 bridgehead atoms. The van der Waals surface area contributed by atoms with Crippen molar-refractivity contribution in [2.24, 2.45) is 11.8 Å². The van der Waals surface area contributed by atoms with Crippen LogP contribution in [0.3, 0.4) is 0 Å². The van der Waals surface area contributed by atoms with Gasteiger partial charge in [0.1, 0.15) is 0 Å². The number of nitrogens with zero attached hydrogens (tertiary/aromatic N) is 1. The van der Waals surface area contributed by atoms with E-state index in [2.05, 4.69) is 13.0 Å². The molecule has 0 aromatic rings. The molecule has 1 saturated carbocycles. The highest BCUT2D eigenvalue weighted by molar-refractivity contribution is 4.77. The molecule has 10 heavy (non-hydrogen) atoms. The minimum atomic E-state index is 0.761. The van der Waals surface area contributed by atoms with E-state index >= 15 is 0 Å². The van der Waals surface area contributed by atoms with Crippen molar-refractivity contribution < 1.29 is 0 Å². The van der Waals surface area contributed by atoms with Gasteiger partial charge in [0.2, 0.25) is 0 Å². The second-order valence-electron chi connectivity index (χ2n) is 3.48. The number of hydrogen-bond donors (Lipinski definition) is 0. The summed E-state index contributed by atoms with van der Waals surface area (Å²) in [6, 6.07) is 2.21. The molecule has 56 valence electrons. The standard InChI is InChI=1S/C9H15N/c1-8-4-5-9(7-8)3-2-6-10/h8-9H,2-5,7H2,1H3. The quantitative estimate of drug-likeness (QED) is 0.574. The van der Waals surface area contributed by atoms with Gasteiger partial charge in [-0.25, -0.2) is 0 Å². The summed E-state index contributed by atoms with van der Waals surface area (Å²) in [6.45, 7) is 2.31. The number of nitriles is 1. The molecule has 0 aliphatic heterocycles. The Morgan fingerprint density at radius 3 is 2.80 bits per heavy atom. The summed E-state index contributed by atoms with van der Waals surface area (Å²) in [4.78, 5) is 0. The van der Waals surface area contributed by atoms with E-state index in [4.69, 9.17) is 5.26 Å². The zero-order chi connectivity index (χ0) is 7.40. The van der Waals surface area contributed by atoms with E-state index in [0.717, 1.165) is 24.7 Å². The van der Waals surface area contributed by atoms with Crippen molar-refractivity contribution >= 4 is 0 Å². The highest BCUT2D eigenvalue weighted by atomic mass is 14.3. The molecule has 2 atom stereocenters. The van der Waals surface area contributed by atoms with Crippen LogP contribution in [0.5, 0.6) is 0 Å². The van der Waals surface area contributed by atoms with Crippen molar-refractivity contribution in [3.63, 3.8) is 0 Å². The summed E-state index contributed by atoms with van der Waals surface area (Å²) in [5, 5.41) is 8.34. The van der Waals surface area contributed by atoms with E-state index in [1.807, 2.05) is 0 Å². The van der Waals surface area contributed by atoms with Crippen LogP contribution in [0.2, 0.25) is 0 Å². The van der Waals surface area contributed by atoms with Crippen LogP contribution >= 0.6 is 0 Å². The van der Waals surface area contributed by atoms with Crippen LogP contribution in [-0.2, 0) is 0 Å². The highest BCUT2D eigenvalue weighted by Gasteiger charge is 2.20. The van der Waals surface area contributed by atoms with Crippen LogP contribution in [-0.4, -0.2) is 0 Å². The molecule has 1 aliphatic rings. The van der Waals surface area contributed by atoms with Gasteiger partial charge in [-0.05, 0) is 24.7 Å². The molecule has 1 rings (SSSR count). The van der Waals surface area contributed by atoms with E-state index in [1.165, 1.54) is 19.3 Å². The van der Waals surface area contributed by atoms with E-state index in [-0.39, 0.29) is 0 Å². The maximum Gasteiger partial charge on any atom is 0.0621 e. The third-order valence-corrected chi connectivity index (χ3v) is 2.47. The zero-order valence-electron chi connectivity index (χ0n) is 6.64. The molecule has 1 aliphatic carbocycles. The van der Waals surface area contributed by atoms with Crippen LogP contribution in [0.25, 0.3) is 0 Å².